The van der Waals surface area contributed by atoms with Gasteiger partial charge in [0.15, 0.2) is 0 Å². The predicted molar refractivity (Wildman–Crippen MR) is 146 cm³/mol. The van der Waals surface area contributed by atoms with E-state index in [2.05, 4.69) is 60.4 Å². The summed E-state index contributed by atoms with van der Waals surface area (Å²) in [6, 6.07) is 23.8. The SMILES string of the molecule is CC1Cc2cc(/C(C=N)=C/N)ccc2C(c2ccc(/C=C/C(=O)O)cc2)N1c1ccc(C2CC2)cc1. The second kappa shape index (κ2) is 9.86. The minimum Gasteiger partial charge on any atom is -0.478 e. The van der Waals surface area contributed by atoms with Crippen molar-refractivity contribution in [1.82, 2.24) is 0 Å². The summed E-state index contributed by atoms with van der Waals surface area (Å²) >= 11 is 0. The molecule has 0 aromatic heterocycles. The van der Waals surface area contributed by atoms with Gasteiger partial charge in [0.1, 0.15) is 0 Å². The Hall–Kier alpha value is -4.12. The van der Waals surface area contributed by atoms with Crippen molar-refractivity contribution in [3.05, 3.63) is 112 Å². The molecule has 3 aromatic carbocycles. The number of hydrogen-bond donors (Lipinski definition) is 3. The van der Waals surface area contributed by atoms with Crippen molar-refractivity contribution in [2.75, 3.05) is 4.90 Å². The van der Waals surface area contributed by atoms with Gasteiger partial charge in [0.05, 0.1) is 6.04 Å². The van der Waals surface area contributed by atoms with Crippen LogP contribution in [-0.2, 0) is 11.2 Å². The monoisotopic (exact) mass is 477 g/mol. The molecule has 5 nitrogen and oxygen atoms in total. The van der Waals surface area contributed by atoms with Gasteiger partial charge in [0.25, 0.3) is 0 Å². The molecule has 36 heavy (non-hydrogen) atoms. The van der Waals surface area contributed by atoms with Crippen molar-refractivity contribution >= 4 is 29.5 Å². The van der Waals surface area contributed by atoms with E-state index in [4.69, 9.17) is 16.2 Å². The number of nitrogens with one attached hydrogen (secondary N) is 1. The van der Waals surface area contributed by atoms with Crippen LogP contribution >= 0.6 is 0 Å². The van der Waals surface area contributed by atoms with E-state index in [0.717, 1.165) is 35.1 Å². The highest BCUT2D eigenvalue weighted by Gasteiger charge is 2.34. The third-order valence-electron chi connectivity index (χ3n) is 7.28. The maximum atomic E-state index is 10.9. The normalized spacial score (nSPS) is 19.8. The fourth-order valence-electron chi connectivity index (χ4n) is 5.31. The molecule has 1 saturated carbocycles. The lowest BCUT2D eigenvalue weighted by Gasteiger charge is -2.44. The summed E-state index contributed by atoms with van der Waals surface area (Å²) in [6.07, 6.45) is 9.01. The van der Waals surface area contributed by atoms with E-state index in [-0.39, 0.29) is 12.1 Å². The molecule has 0 amide bonds. The summed E-state index contributed by atoms with van der Waals surface area (Å²) < 4.78 is 0. The van der Waals surface area contributed by atoms with Gasteiger partial charge in [0.2, 0.25) is 0 Å². The van der Waals surface area contributed by atoms with Crippen molar-refractivity contribution in [2.24, 2.45) is 5.73 Å². The summed E-state index contributed by atoms with van der Waals surface area (Å²) in [5.74, 6) is -0.237. The first-order valence-corrected chi connectivity index (χ1v) is 12.4. The first kappa shape index (κ1) is 23.6. The zero-order valence-electron chi connectivity index (χ0n) is 20.4. The maximum Gasteiger partial charge on any atom is 0.328 e. The summed E-state index contributed by atoms with van der Waals surface area (Å²) in [4.78, 5) is 13.4. The zero-order chi connectivity index (χ0) is 25.2. The van der Waals surface area contributed by atoms with Gasteiger partial charge in [-0.25, -0.2) is 4.79 Å². The van der Waals surface area contributed by atoms with Crippen LogP contribution in [0.5, 0.6) is 0 Å². The fraction of sp³-hybridized carbons (Fsp3) is 0.226. The fourth-order valence-corrected chi connectivity index (χ4v) is 5.31. The third kappa shape index (κ3) is 4.69. The van der Waals surface area contributed by atoms with Crippen LogP contribution in [0.15, 0.2) is 79.0 Å². The van der Waals surface area contributed by atoms with Crippen LogP contribution in [0.3, 0.4) is 0 Å². The van der Waals surface area contributed by atoms with Gasteiger partial charge in [-0.3, -0.25) is 0 Å². The lowest BCUT2D eigenvalue weighted by atomic mass is 9.83. The number of nitrogens with two attached hydrogens (primary N) is 1. The van der Waals surface area contributed by atoms with Crippen molar-refractivity contribution in [2.45, 2.75) is 44.2 Å². The molecule has 1 aliphatic carbocycles. The number of carboxylic acids is 1. The number of fused-ring (bicyclic) bond motifs is 1. The van der Waals surface area contributed by atoms with Gasteiger partial charge in [-0.1, -0.05) is 54.6 Å². The smallest absolute Gasteiger partial charge is 0.328 e. The van der Waals surface area contributed by atoms with E-state index in [0.29, 0.717) is 5.57 Å². The zero-order valence-corrected chi connectivity index (χ0v) is 20.4. The summed E-state index contributed by atoms with van der Waals surface area (Å²) in [7, 11) is 0. The van der Waals surface area contributed by atoms with E-state index >= 15 is 0 Å². The molecule has 4 N–H and O–H groups in total. The Morgan fingerprint density at radius 3 is 2.33 bits per heavy atom. The van der Waals surface area contributed by atoms with Gasteiger partial charge in [-0.05, 0) is 83.7 Å². The van der Waals surface area contributed by atoms with Crippen molar-refractivity contribution < 1.29 is 9.90 Å². The number of carbonyl (C=O) groups is 1. The largest absolute Gasteiger partial charge is 0.478 e. The number of nitrogens with zero attached hydrogens (tertiary/aromatic N) is 1. The van der Waals surface area contributed by atoms with Crippen molar-refractivity contribution in [3.8, 4) is 0 Å². The van der Waals surface area contributed by atoms with Gasteiger partial charge in [-0.15, -0.1) is 0 Å². The second-order valence-corrected chi connectivity index (χ2v) is 9.75. The topological polar surface area (TPSA) is 90.4 Å². The molecule has 0 saturated heterocycles. The highest BCUT2D eigenvalue weighted by atomic mass is 16.4. The number of anilines is 1. The Kier molecular flexibility index (Phi) is 6.47. The van der Waals surface area contributed by atoms with E-state index in [1.165, 1.54) is 47.6 Å². The first-order valence-electron chi connectivity index (χ1n) is 12.4. The minimum absolute atomic E-state index is 0.00682. The Labute approximate surface area is 212 Å². The van der Waals surface area contributed by atoms with Crippen LogP contribution in [0.25, 0.3) is 11.6 Å². The Balaban J connectivity index is 1.59. The third-order valence-corrected chi connectivity index (χ3v) is 7.28. The number of rotatable bonds is 7. The molecule has 3 aromatic rings. The lowest BCUT2D eigenvalue weighted by molar-refractivity contribution is -0.131. The number of allylic oxidation sites excluding steroid dienone is 1. The molecule has 1 heterocycles. The minimum atomic E-state index is -0.957. The van der Waals surface area contributed by atoms with E-state index < -0.39 is 5.97 Å². The van der Waals surface area contributed by atoms with Crippen LogP contribution in [0.2, 0.25) is 0 Å². The average molecular weight is 478 g/mol. The van der Waals surface area contributed by atoms with Crippen LogP contribution < -0.4 is 10.6 Å². The molecule has 2 aliphatic rings. The van der Waals surface area contributed by atoms with Gasteiger partial charge >= 0.3 is 5.97 Å². The molecule has 5 heteroatoms. The second-order valence-electron chi connectivity index (χ2n) is 9.75. The number of hydrogen-bond acceptors (Lipinski definition) is 4. The van der Waals surface area contributed by atoms with Crippen LogP contribution in [0.4, 0.5) is 5.69 Å². The summed E-state index contributed by atoms with van der Waals surface area (Å²) in [5, 5.41) is 16.7. The summed E-state index contributed by atoms with van der Waals surface area (Å²) in [5.41, 5.74) is 14.5. The number of benzene rings is 3. The highest BCUT2D eigenvalue weighted by Crippen LogP contribution is 2.44. The van der Waals surface area contributed by atoms with Crippen molar-refractivity contribution in [3.63, 3.8) is 0 Å². The van der Waals surface area contributed by atoms with E-state index in [1.54, 1.807) is 6.08 Å². The Bertz CT molecular complexity index is 1340. The molecule has 5 rings (SSSR count). The van der Waals surface area contributed by atoms with Crippen LogP contribution in [0, 0.1) is 5.41 Å². The highest BCUT2D eigenvalue weighted by molar-refractivity contribution is 6.08. The number of aliphatic carboxylic acids is 1. The van der Waals surface area contributed by atoms with Gasteiger partial charge in [-0.2, -0.15) is 0 Å². The van der Waals surface area contributed by atoms with Crippen molar-refractivity contribution in [1.29, 1.82) is 5.41 Å². The van der Waals surface area contributed by atoms with Gasteiger partial charge < -0.3 is 21.1 Å². The molecule has 2 unspecified atom stereocenters. The Morgan fingerprint density at radius 2 is 1.72 bits per heavy atom. The molecule has 0 bridgehead atoms. The maximum absolute atomic E-state index is 10.9. The van der Waals surface area contributed by atoms with E-state index in [1.807, 2.05) is 18.2 Å². The Morgan fingerprint density at radius 1 is 1.03 bits per heavy atom. The average Bonchev–Trinajstić information content (AvgIpc) is 3.73. The molecule has 1 fully saturated rings. The molecule has 0 radical (unpaired) electrons. The van der Waals surface area contributed by atoms with E-state index in [9.17, 15) is 4.79 Å². The molecule has 0 spiro atoms. The molecule has 2 atom stereocenters. The van der Waals surface area contributed by atoms with Crippen LogP contribution in [-0.4, -0.2) is 23.3 Å². The van der Waals surface area contributed by atoms with Gasteiger partial charge in [0, 0.05) is 35.8 Å². The molecular formula is C31H31N3O2. The lowest BCUT2D eigenvalue weighted by Crippen LogP contribution is -2.43. The number of carboxylic acid groups (broad SMARTS) is 1. The van der Waals surface area contributed by atoms with Crippen LogP contribution in [0.1, 0.15) is 65.1 Å². The standard InChI is InChI=1S/C31H31N3O2/c1-20-16-26-17-25(27(18-32)19-33)11-14-29(26)31(24-5-2-21(3-6-24)4-15-30(35)36)34(20)28-12-9-23(10-13-28)22-7-8-22/h2-6,9-15,17-20,22,31-32H,7-8,16,33H2,1H3,(H,35,36)/b15-4+,27-19+,32-18?. The molecule has 1 aliphatic heterocycles. The molecule has 182 valence electrons. The summed E-state index contributed by atoms with van der Waals surface area (Å²) in [6.45, 7) is 2.26. The first-order chi connectivity index (χ1) is 17.5. The predicted octanol–water partition coefficient (Wildman–Crippen LogP) is 6.15. The molecular weight excluding hydrogens is 446 g/mol. The quantitative estimate of drug-likeness (QED) is 0.281.